The quantitative estimate of drug-likeness (QED) is 0.0783. The van der Waals surface area contributed by atoms with Crippen LogP contribution in [0.3, 0.4) is 0 Å². The third kappa shape index (κ3) is 16.2. The van der Waals surface area contributed by atoms with E-state index in [1.807, 2.05) is 44.2 Å². The summed E-state index contributed by atoms with van der Waals surface area (Å²) in [5.41, 5.74) is 6.61. The van der Waals surface area contributed by atoms with Gasteiger partial charge in [0.15, 0.2) is 0 Å². The van der Waals surface area contributed by atoms with Crippen LogP contribution in [0.25, 0.3) is 10.8 Å². The number of nitrogens with two attached hydrogens (primary N) is 1. The van der Waals surface area contributed by atoms with Crippen molar-refractivity contribution in [1.29, 1.82) is 0 Å². The Labute approximate surface area is 450 Å². The number of aromatic nitrogens is 3. The molecule has 0 unspecified atom stereocenters. The number of carbonyl (C=O) groups is 11. The highest BCUT2D eigenvalue weighted by atomic mass is 16.5. The van der Waals surface area contributed by atoms with E-state index < -0.39 is 133 Å². The smallest absolute Gasteiger partial charge is 0.303 e. The number of carboxylic acids is 1. The molecule has 10 N–H and O–H groups in total. The number of carbonyl (C=O) groups excluding carboxylic acids is 10. The minimum atomic E-state index is -1.52. The number of benzene rings is 2. The zero-order chi connectivity index (χ0) is 56.6. The van der Waals surface area contributed by atoms with E-state index in [2.05, 4.69) is 47.5 Å². The van der Waals surface area contributed by atoms with Crippen molar-refractivity contribution in [3.8, 4) is 0 Å². The lowest BCUT2D eigenvalue weighted by molar-refractivity contribution is -0.141. The lowest BCUT2D eigenvalue weighted by Crippen LogP contribution is -2.60. The van der Waals surface area contributed by atoms with Crippen molar-refractivity contribution in [3.63, 3.8) is 0 Å². The third-order valence-corrected chi connectivity index (χ3v) is 13.9. The maximum atomic E-state index is 14.8. The standard InChI is InChI=1S/C52H71N13O13/c1-29(2)23-38(48(73)56-30(3)52(77)64-21-9-16-41(64)45(53)70)59-50(75)40-28-78-27-34-25-55-62-65(34)22-8-15-36(58-47(72)37(57-31(4)66)18-19-44(68)69)46(71)54-26-43(67)63-20-10-17-42(63)51(76)60-39(49(74)61-40)24-33-13-7-12-32-11-5-6-14-35(32)33/h5-7,11-14,25,29-30,36-42H,8-10,15-24,26-28H2,1-4H3,(H2,53,70)(H,54,71)(H,56,73)(H,57,66)(H,58,72)(H,59,75)(H,60,76)(H,61,74)(H,68,69)/t30-,36-,37-,38-,39-,40-,41-,42-/m0/s1. The van der Waals surface area contributed by atoms with E-state index in [1.54, 1.807) is 12.1 Å². The minimum absolute atomic E-state index is 0.0526. The first-order valence-corrected chi connectivity index (χ1v) is 26.3. The summed E-state index contributed by atoms with van der Waals surface area (Å²) in [5.74, 6) is -8.51. The number of aryl methyl sites for hydroxylation is 1. The molecule has 26 nitrogen and oxygen atoms in total. The number of primary amides is 1. The van der Waals surface area contributed by atoms with Gasteiger partial charge in [0.1, 0.15) is 48.3 Å². The molecule has 0 saturated carbocycles. The summed E-state index contributed by atoms with van der Waals surface area (Å²) in [7, 11) is 0. The zero-order valence-corrected chi connectivity index (χ0v) is 44.3. The van der Waals surface area contributed by atoms with Crippen LogP contribution < -0.4 is 43.0 Å². The molecule has 6 rings (SSSR count). The predicted molar refractivity (Wildman–Crippen MR) is 277 cm³/mol. The molecule has 3 aliphatic heterocycles. The van der Waals surface area contributed by atoms with Gasteiger partial charge in [0.2, 0.25) is 59.1 Å². The first-order valence-electron chi connectivity index (χ1n) is 26.3. The topological polar surface area (TPSA) is 365 Å². The van der Waals surface area contributed by atoms with Crippen LogP contribution in [0.2, 0.25) is 0 Å². The Morgan fingerprint density at radius 1 is 0.833 bits per heavy atom. The van der Waals surface area contributed by atoms with Crippen LogP contribution in [0.4, 0.5) is 0 Å². The zero-order valence-electron chi connectivity index (χ0n) is 44.3. The molecule has 10 amide bonds. The van der Waals surface area contributed by atoms with Gasteiger partial charge < -0.3 is 62.6 Å². The minimum Gasteiger partial charge on any atom is -0.481 e. The molecule has 0 radical (unpaired) electrons. The van der Waals surface area contributed by atoms with Gasteiger partial charge in [-0.15, -0.1) is 5.10 Å². The Bertz CT molecular complexity index is 2710. The molecule has 3 aliphatic rings. The summed E-state index contributed by atoms with van der Waals surface area (Å²) in [5, 5.41) is 37.6. The lowest BCUT2D eigenvalue weighted by atomic mass is 9.97. The molecule has 8 atom stereocenters. The normalized spacial score (nSPS) is 22.0. The van der Waals surface area contributed by atoms with Crippen LogP contribution in [0, 0.1) is 5.92 Å². The van der Waals surface area contributed by atoms with Crippen LogP contribution in [0.15, 0.2) is 48.7 Å². The van der Waals surface area contributed by atoms with Gasteiger partial charge in [-0.05, 0) is 80.5 Å². The fraction of sp³-hybridized carbons (Fsp3) is 0.558. The van der Waals surface area contributed by atoms with Crippen molar-refractivity contribution in [2.75, 3.05) is 26.2 Å². The van der Waals surface area contributed by atoms with E-state index in [-0.39, 0.29) is 70.7 Å². The van der Waals surface area contributed by atoms with Crippen molar-refractivity contribution >= 4 is 75.8 Å². The van der Waals surface area contributed by atoms with E-state index in [4.69, 9.17) is 10.5 Å². The highest BCUT2D eigenvalue weighted by Gasteiger charge is 2.39. The Morgan fingerprint density at radius 2 is 1.56 bits per heavy atom. The van der Waals surface area contributed by atoms with Crippen molar-refractivity contribution in [2.45, 2.75) is 153 Å². The molecule has 26 heteroatoms. The highest BCUT2D eigenvalue weighted by Crippen LogP contribution is 2.23. The molecule has 4 heterocycles. The number of ether oxygens (including phenoxy) is 1. The number of rotatable bonds is 16. The van der Waals surface area contributed by atoms with Gasteiger partial charge in [0.25, 0.3) is 0 Å². The number of hydrogen-bond donors (Lipinski definition) is 9. The van der Waals surface area contributed by atoms with Crippen LogP contribution in [0.5, 0.6) is 0 Å². The average molecular weight is 1090 g/mol. The van der Waals surface area contributed by atoms with Gasteiger partial charge >= 0.3 is 5.97 Å². The fourth-order valence-corrected chi connectivity index (χ4v) is 9.90. The van der Waals surface area contributed by atoms with Crippen molar-refractivity contribution in [1.82, 2.24) is 62.0 Å². The summed E-state index contributed by atoms with van der Waals surface area (Å²) in [4.78, 5) is 151. The van der Waals surface area contributed by atoms with Crippen molar-refractivity contribution in [2.24, 2.45) is 11.7 Å². The van der Waals surface area contributed by atoms with E-state index in [0.29, 0.717) is 30.5 Å². The molecule has 2 aromatic carbocycles. The molecule has 0 spiro atoms. The first-order chi connectivity index (χ1) is 37.2. The molecular weight excluding hydrogens is 1010 g/mol. The first kappa shape index (κ1) is 59.2. The van der Waals surface area contributed by atoms with Gasteiger partial charge in [0.05, 0.1) is 31.6 Å². The summed E-state index contributed by atoms with van der Waals surface area (Å²) in [6, 6.07) is 3.14. The van der Waals surface area contributed by atoms with Gasteiger partial charge in [-0.3, -0.25) is 52.7 Å². The Kier molecular flexibility index (Phi) is 21.1. The van der Waals surface area contributed by atoms with Crippen molar-refractivity contribution in [3.05, 3.63) is 59.9 Å². The Morgan fingerprint density at radius 3 is 2.29 bits per heavy atom. The van der Waals surface area contributed by atoms with E-state index >= 15 is 0 Å². The number of nitrogens with one attached hydrogen (secondary N) is 7. The van der Waals surface area contributed by atoms with Crippen LogP contribution in [0.1, 0.15) is 96.7 Å². The number of carboxylic acid groups (broad SMARTS) is 1. The predicted octanol–water partition coefficient (Wildman–Crippen LogP) is -1.57. The molecular formula is C52H71N13O13. The van der Waals surface area contributed by atoms with Gasteiger partial charge in [-0.25, -0.2) is 4.68 Å². The Hall–Kier alpha value is -8.03. The monoisotopic (exact) mass is 1090 g/mol. The summed E-state index contributed by atoms with van der Waals surface area (Å²) in [6.45, 7) is 5.44. The molecule has 2 fully saturated rings. The van der Waals surface area contributed by atoms with E-state index in [9.17, 15) is 57.8 Å². The second kappa shape index (κ2) is 27.8. The summed E-state index contributed by atoms with van der Waals surface area (Å²) in [6.07, 6.45) is 2.29. The number of likely N-dealkylation sites (tertiary alicyclic amines) is 1. The van der Waals surface area contributed by atoms with Crippen LogP contribution in [-0.4, -0.2) is 170 Å². The highest BCUT2D eigenvalue weighted by molar-refractivity contribution is 5.99. The summed E-state index contributed by atoms with van der Waals surface area (Å²) < 4.78 is 7.55. The third-order valence-electron chi connectivity index (χ3n) is 13.9. The largest absolute Gasteiger partial charge is 0.481 e. The summed E-state index contributed by atoms with van der Waals surface area (Å²) >= 11 is 0. The molecule has 0 aliphatic carbocycles. The van der Waals surface area contributed by atoms with Crippen molar-refractivity contribution < 1.29 is 62.6 Å². The molecule has 422 valence electrons. The number of hydrogen-bond acceptors (Lipinski definition) is 14. The fourth-order valence-electron chi connectivity index (χ4n) is 9.90. The number of fused-ring (bicyclic) bond motifs is 3. The lowest BCUT2D eigenvalue weighted by Gasteiger charge is -2.29. The SMILES string of the molecule is CC(=O)N[C@@H](CCC(=O)O)C(=O)N[C@H]1CCCn2nncc2COC[C@@H](C(=O)N[C@@H](CC(C)C)C(=O)N[C@@H](C)C(=O)N2CCC[C@H]2C(N)=O)NC(=O)[C@H](Cc2cccc3ccccc23)NC(=O)[C@@H]2CCCN2C(=O)CNC1=O. The van der Waals surface area contributed by atoms with Gasteiger partial charge in [0, 0.05) is 39.4 Å². The van der Waals surface area contributed by atoms with Crippen LogP contribution >= 0.6 is 0 Å². The second-order valence-corrected chi connectivity index (χ2v) is 20.3. The molecule has 0 bridgehead atoms. The maximum absolute atomic E-state index is 14.8. The maximum Gasteiger partial charge on any atom is 0.303 e. The van der Waals surface area contributed by atoms with E-state index in [1.165, 1.54) is 27.6 Å². The average Bonchev–Trinajstić information content (AvgIpc) is 4.22. The van der Waals surface area contributed by atoms with E-state index in [0.717, 1.165) is 17.7 Å². The molecule has 2 saturated heterocycles. The number of aliphatic carboxylic acids is 1. The molecule has 78 heavy (non-hydrogen) atoms. The number of amides is 10. The van der Waals surface area contributed by atoms with Gasteiger partial charge in [-0.1, -0.05) is 61.5 Å². The Balaban J connectivity index is 1.31. The van der Waals surface area contributed by atoms with Gasteiger partial charge in [-0.2, -0.15) is 0 Å². The number of nitrogens with zero attached hydrogens (tertiary/aromatic N) is 5. The molecule has 3 aromatic rings. The molecule has 1 aromatic heterocycles. The second-order valence-electron chi connectivity index (χ2n) is 20.3. The van der Waals surface area contributed by atoms with Crippen LogP contribution in [-0.2, 0) is 77.0 Å².